The van der Waals surface area contributed by atoms with E-state index in [-0.39, 0.29) is 18.8 Å². The zero-order valence-corrected chi connectivity index (χ0v) is 8.47. The lowest BCUT2D eigenvalue weighted by Crippen LogP contribution is -2.27. The van der Waals surface area contributed by atoms with Crippen molar-refractivity contribution in [2.24, 2.45) is 0 Å². The number of hydrogen-bond donors (Lipinski definition) is 3. The molecule has 0 aromatic carbocycles. The monoisotopic (exact) mass is 224 g/mol. The SMILES string of the molecule is O=c1[nH]cc(C[C@H]2C=C[C@@H](CO)O2)c(=O)[nH]1. The summed E-state index contributed by atoms with van der Waals surface area (Å²) in [7, 11) is 0. The number of aliphatic hydroxyl groups excluding tert-OH is 1. The lowest BCUT2D eigenvalue weighted by Gasteiger charge is -2.11. The molecule has 3 N–H and O–H groups in total. The van der Waals surface area contributed by atoms with Gasteiger partial charge in [-0.2, -0.15) is 0 Å². The maximum atomic E-state index is 11.4. The van der Waals surface area contributed by atoms with Gasteiger partial charge in [-0.1, -0.05) is 12.2 Å². The Morgan fingerprint density at radius 3 is 2.69 bits per heavy atom. The second-order valence-corrected chi connectivity index (χ2v) is 3.58. The fraction of sp³-hybridized carbons (Fsp3) is 0.400. The first-order valence-electron chi connectivity index (χ1n) is 4.94. The highest BCUT2D eigenvalue weighted by molar-refractivity contribution is 5.11. The van der Waals surface area contributed by atoms with Crippen molar-refractivity contribution in [3.8, 4) is 0 Å². The highest BCUT2D eigenvalue weighted by Crippen LogP contribution is 2.13. The third-order valence-electron chi connectivity index (χ3n) is 2.39. The molecule has 0 radical (unpaired) electrons. The van der Waals surface area contributed by atoms with Crippen molar-refractivity contribution < 1.29 is 9.84 Å². The predicted octanol–water partition coefficient (Wildman–Crippen LogP) is -1.08. The maximum Gasteiger partial charge on any atom is 0.325 e. The van der Waals surface area contributed by atoms with Crippen LogP contribution in [0.3, 0.4) is 0 Å². The average molecular weight is 224 g/mol. The molecule has 0 bridgehead atoms. The lowest BCUT2D eigenvalue weighted by molar-refractivity contribution is 0.0261. The molecule has 2 rings (SSSR count). The van der Waals surface area contributed by atoms with E-state index in [0.29, 0.717) is 12.0 Å². The topological polar surface area (TPSA) is 95.2 Å². The molecule has 0 saturated carbocycles. The van der Waals surface area contributed by atoms with Gasteiger partial charge in [-0.3, -0.25) is 9.78 Å². The lowest BCUT2D eigenvalue weighted by atomic mass is 10.1. The van der Waals surface area contributed by atoms with E-state index >= 15 is 0 Å². The first-order chi connectivity index (χ1) is 7.69. The Labute approximate surface area is 90.6 Å². The van der Waals surface area contributed by atoms with Gasteiger partial charge in [-0.25, -0.2) is 4.79 Å². The van der Waals surface area contributed by atoms with Gasteiger partial charge in [-0.05, 0) is 0 Å². The molecule has 0 fully saturated rings. The maximum absolute atomic E-state index is 11.4. The molecule has 0 saturated heterocycles. The Bertz CT molecular complexity index is 502. The quantitative estimate of drug-likeness (QED) is 0.569. The van der Waals surface area contributed by atoms with E-state index < -0.39 is 11.2 Å². The molecule has 0 spiro atoms. The van der Waals surface area contributed by atoms with Crippen molar-refractivity contribution >= 4 is 0 Å². The first-order valence-corrected chi connectivity index (χ1v) is 4.94. The molecule has 0 aliphatic carbocycles. The smallest absolute Gasteiger partial charge is 0.325 e. The molecular weight excluding hydrogens is 212 g/mol. The molecule has 86 valence electrons. The van der Waals surface area contributed by atoms with Gasteiger partial charge >= 0.3 is 5.69 Å². The van der Waals surface area contributed by atoms with Crippen LogP contribution in [-0.4, -0.2) is 33.9 Å². The number of aromatic nitrogens is 2. The van der Waals surface area contributed by atoms with Gasteiger partial charge in [0.25, 0.3) is 5.56 Å². The zero-order chi connectivity index (χ0) is 11.5. The molecule has 1 aromatic rings. The largest absolute Gasteiger partial charge is 0.393 e. The number of rotatable bonds is 3. The summed E-state index contributed by atoms with van der Waals surface area (Å²) >= 11 is 0. The summed E-state index contributed by atoms with van der Waals surface area (Å²) in [6.45, 7) is -0.0744. The Hall–Kier alpha value is -1.66. The average Bonchev–Trinajstić information content (AvgIpc) is 2.70. The Kier molecular flexibility index (Phi) is 3.02. The molecule has 2 atom stereocenters. The Morgan fingerprint density at radius 1 is 1.31 bits per heavy atom. The third kappa shape index (κ3) is 2.29. The van der Waals surface area contributed by atoms with Crippen LogP contribution in [0.4, 0.5) is 0 Å². The van der Waals surface area contributed by atoms with E-state index in [1.54, 1.807) is 12.2 Å². The van der Waals surface area contributed by atoms with Crippen molar-refractivity contribution in [2.75, 3.05) is 6.61 Å². The second-order valence-electron chi connectivity index (χ2n) is 3.58. The second kappa shape index (κ2) is 4.46. The summed E-state index contributed by atoms with van der Waals surface area (Å²) in [5.74, 6) is 0. The van der Waals surface area contributed by atoms with Crippen LogP contribution in [0.2, 0.25) is 0 Å². The Morgan fingerprint density at radius 2 is 2.06 bits per heavy atom. The van der Waals surface area contributed by atoms with Crippen molar-refractivity contribution in [3.63, 3.8) is 0 Å². The molecule has 1 aliphatic rings. The number of H-pyrrole nitrogens is 2. The van der Waals surface area contributed by atoms with E-state index in [2.05, 4.69) is 9.97 Å². The molecule has 1 aromatic heterocycles. The van der Waals surface area contributed by atoms with Gasteiger partial charge in [0.1, 0.15) is 0 Å². The summed E-state index contributed by atoms with van der Waals surface area (Å²) < 4.78 is 5.39. The molecule has 1 aliphatic heterocycles. The van der Waals surface area contributed by atoms with Gasteiger partial charge in [0.15, 0.2) is 0 Å². The fourth-order valence-electron chi connectivity index (χ4n) is 1.59. The van der Waals surface area contributed by atoms with Gasteiger partial charge in [0.05, 0.1) is 18.8 Å². The van der Waals surface area contributed by atoms with Crippen molar-refractivity contribution in [2.45, 2.75) is 18.6 Å². The van der Waals surface area contributed by atoms with E-state index in [0.717, 1.165) is 0 Å². The number of hydrogen-bond acceptors (Lipinski definition) is 4. The van der Waals surface area contributed by atoms with Crippen molar-refractivity contribution in [1.29, 1.82) is 0 Å². The number of aromatic amines is 2. The zero-order valence-electron chi connectivity index (χ0n) is 8.47. The van der Waals surface area contributed by atoms with Crippen LogP contribution < -0.4 is 11.2 Å². The minimum absolute atomic E-state index is 0.0744. The number of ether oxygens (including phenoxy) is 1. The molecule has 2 heterocycles. The van der Waals surface area contributed by atoms with Crippen molar-refractivity contribution in [3.05, 3.63) is 44.8 Å². The third-order valence-corrected chi connectivity index (χ3v) is 2.39. The minimum atomic E-state index is -0.523. The summed E-state index contributed by atoms with van der Waals surface area (Å²) in [6, 6.07) is 0. The standard InChI is InChI=1S/C10H12N2O4/c13-5-8-2-1-7(16-8)3-6-4-11-10(15)12-9(6)14/h1-2,4,7-8,13H,3,5H2,(H2,11,12,14,15)/t7-,8+/m1/s1. The summed E-state index contributed by atoms with van der Waals surface area (Å²) in [5, 5.41) is 8.85. The molecule has 6 nitrogen and oxygen atoms in total. The number of aliphatic hydroxyl groups is 1. The molecule has 0 unspecified atom stereocenters. The summed E-state index contributed by atoms with van der Waals surface area (Å²) in [5.41, 5.74) is -0.481. The molecule has 0 amide bonds. The summed E-state index contributed by atoms with van der Waals surface area (Å²) in [6.07, 6.45) is 4.77. The molecule has 6 heteroatoms. The van der Waals surface area contributed by atoms with E-state index in [9.17, 15) is 9.59 Å². The first kappa shape index (κ1) is 10.8. The number of nitrogens with one attached hydrogen (secondary N) is 2. The van der Waals surface area contributed by atoms with Gasteiger partial charge in [-0.15, -0.1) is 0 Å². The highest BCUT2D eigenvalue weighted by atomic mass is 16.5. The van der Waals surface area contributed by atoms with Crippen LogP contribution in [-0.2, 0) is 11.2 Å². The minimum Gasteiger partial charge on any atom is -0.393 e. The van der Waals surface area contributed by atoms with Crippen LogP contribution in [0.1, 0.15) is 5.56 Å². The van der Waals surface area contributed by atoms with Gasteiger partial charge < -0.3 is 14.8 Å². The van der Waals surface area contributed by atoms with Crippen molar-refractivity contribution in [1.82, 2.24) is 9.97 Å². The van der Waals surface area contributed by atoms with E-state index in [4.69, 9.17) is 9.84 Å². The normalized spacial score (nSPS) is 23.8. The van der Waals surface area contributed by atoms with Gasteiger partial charge in [0.2, 0.25) is 0 Å². The van der Waals surface area contributed by atoms with Crippen LogP contribution in [0.5, 0.6) is 0 Å². The van der Waals surface area contributed by atoms with Crippen LogP contribution in [0, 0.1) is 0 Å². The van der Waals surface area contributed by atoms with E-state index in [1.165, 1.54) is 6.20 Å². The van der Waals surface area contributed by atoms with Crippen LogP contribution >= 0.6 is 0 Å². The Balaban J connectivity index is 2.08. The fourth-order valence-corrected chi connectivity index (χ4v) is 1.59. The molecular formula is C10H12N2O4. The van der Waals surface area contributed by atoms with Gasteiger partial charge in [0, 0.05) is 18.2 Å². The summed E-state index contributed by atoms with van der Waals surface area (Å²) in [4.78, 5) is 26.7. The highest BCUT2D eigenvalue weighted by Gasteiger charge is 2.19. The van der Waals surface area contributed by atoms with E-state index in [1.807, 2.05) is 0 Å². The van der Waals surface area contributed by atoms with Crippen LogP contribution in [0.25, 0.3) is 0 Å². The van der Waals surface area contributed by atoms with Crippen LogP contribution in [0.15, 0.2) is 27.9 Å². The predicted molar refractivity (Wildman–Crippen MR) is 56.3 cm³/mol. The molecule has 16 heavy (non-hydrogen) atoms.